The van der Waals surface area contributed by atoms with Crippen molar-refractivity contribution in [2.75, 3.05) is 24.3 Å². The largest absolute Gasteiger partial charge is 0.375 e. The Bertz CT molecular complexity index is 599. The van der Waals surface area contributed by atoms with E-state index in [1.165, 1.54) is 0 Å². The molecule has 1 unspecified atom stereocenters. The third-order valence-electron chi connectivity index (χ3n) is 3.03. The number of halogens is 2. The third-order valence-corrected chi connectivity index (χ3v) is 3.86. The number of rotatable bonds is 4. The predicted molar refractivity (Wildman–Crippen MR) is 87.1 cm³/mol. The summed E-state index contributed by atoms with van der Waals surface area (Å²) in [7, 11) is 3.93. The van der Waals surface area contributed by atoms with Crippen molar-refractivity contribution in [1.82, 2.24) is 4.98 Å². The number of anilines is 2. The van der Waals surface area contributed by atoms with E-state index in [9.17, 15) is 0 Å². The number of benzene rings is 1. The highest BCUT2D eigenvalue weighted by atomic mass is 35.5. The molecule has 0 fully saturated rings. The van der Waals surface area contributed by atoms with Crippen LogP contribution in [0.25, 0.3) is 0 Å². The number of pyridine rings is 1. The van der Waals surface area contributed by atoms with Crippen LogP contribution in [0.4, 0.5) is 11.5 Å². The predicted octanol–water partition coefficient (Wildman–Crippen LogP) is 4.63. The van der Waals surface area contributed by atoms with Gasteiger partial charge in [0, 0.05) is 20.3 Å². The maximum Gasteiger partial charge on any atom is 0.151 e. The van der Waals surface area contributed by atoms with Gasteiger partial charge < -0.3 is 10.2 Å². The van der Waals surface area contributed by atoms with Crippen LogP contribution in [-0.2, 0) is 0 Å². The zero-order valence-corrected chi connectivity index (χ0v) is 13.2. The van der Waals surface area contributed by atoms with Crippen LogP contribution in [0.1, 0.15) is 18.5 Å². The first-order valence-corrected chi connectivity index (χ1v) is 7.09. The normalized spacial score (nSPS) is 12.1. The molecule has 1 aromatic heterocycles. The van der Waals surface area contributed by atoms with Crippen LogP contribution < -0.4 is 10.2 Å². The van der Waals surface area contributed by atoms with Crippen molar-refractivity contribution in [2.45, 2.75) is 13.0 Å². The minimum atomic E-state index is 0.0316. The van der Waals surface area contributed by atoms with E-state index < -0.39 is 0 Å². The highest BCUT2D eigenvalue weighted by Gasteiger charge is 2.14. The minimum absolute atomic E-state index is 0.0316. The van der Waals surface area contributed by atoms with Gasteiger partial charge in [-0.2, -0.15) is 0 Å². The third kappa shape index (κ3) is 3.17. The molecule has 5 heteroatoms. The molecule has 1 aromatic carbocycles. The lowest BCUT2D eigenvalue weighted by Gasteiger charge is -2.21. The summed E-state index contributed by atoms with van der Waals surface area (Å²) in [5, 5.41) is 4.58. The Labute approximate surface area is 129 Å². The van der Waals surface area contributed by atoms with E-state index in [-0.39, 0.29) is 6.04 Å². The van der Waals surface area contributed by atoms with E-state index in [0.717, 1.165) is 17.1 Å². The fraction of sp³-hybridized carbons (Fsp3) is 0.267. The van der Waals surface area contributed by atoms with Crippen LogP contribution in [-0.4, -0.2) is 19.1 Å². The Morgan fingerprint density at radius 1 is 1.15 bits per heavy atom. The SMILES string of the molecule is CC(Nc1cccnc1N(C)C)c1cccc(Cl)c1Cl. The summed E-state index contributed by atoms with van der Waals surface area (Å²) >= 11 is 12.3. The second-order valence-electron chi connectivity index (χ2n) is 4.78. The van der Waals surface area contributed by atoms with Gasteiger partial charge in [0.1, 0.15) is 0 Å². The van der Waals surface area contributed by atoms with Crippen molar-refractivity contribution in [3.05, 3.63) is 52.1 Å². The summed E-state index contributed by atoms with van der Waals surface area (Å²) in [5.74, 6) is 0.887. The van der Waals surface area contributed by atoms with Gasteiger partial charge in [0.25, 0.3) is 0 Å². The molecule has 1 N–H and O–H groups in total. The van der Waals surface area contributed by atoms with Crippen molar-refractivity contribution in [1.29, 1.82) is 0 Å². The summed E-state index contributed by atoms with van der Waals surface area (Å²) in [6.07, 6.45) is 1.78. The Morgan fingerprint density at radius 2 is 1.90 bits per heavy atom. The Hall–Kier alpha value is -1.45. The van der Waals surface area contributed by atoms with E-state index in [0.29, 0.717) is 10.0 Å². The summed E-state index contributed by atoms with van der Waals surface area (Å²) in [6.45, 7) is 2.05. The quantitative estimate of drug-likeness (QED) is 0.892. The Balaban J connectivity index is 2.28. The maximum absolute atomic E-state index is 6.26. The monoisotopic (exact) mass is 309 g/mol. The van der Waals surface area contributed by atoms with E-state index >= 15 is 0 Å². The average Bonchev–Trinajstić information content (AvgIpc) is 2.42. The molecule has 0 saturated heterocycles. The van der Waals surface area contributed by atoms with Crippen LogP contribution in [0.2, 0.25) is 10.0 Å². The molecule has 3 nitrogen and oxygen atoms in total. The number of nitrogens with one attached hydrogen (secondary N) is 1. The lowest BCUT2D eigenvalue weighted by Crippen LogP contribution is -2.15. The molecule has 2 aromatic rings. The van der Waals surface area contributed by atoms with E-state index in [2.05, 4.69) is 10.3 Å². The molecule has 106 valence electrons. The highest BCUT2D eigenvalue weighted by Crippen LogP contribution is 2.32. The molecule has 0 spiro atoms. The molecule has 1 heterocycles. The topological polar surface area (TPSA) is 28.2 Å². The molecule has 20 heavy (non-hydrogen) atoms. The first kappa shape index (κ1) is 14.9. The molecule has 0 radical (unpaired) electrons. The van der Waals surface area contributed by atoms with Gasteiger partial charge in [-0.05, 0) is 30.7 Å². The van der Waals surface area contributed by atoms with Crippen LogP contribution in [0.5, 0.6) is 0 Å². The summed E-state index contributed by atoms with van der Waals surface area (Å²) in [5.41, 5.74) is 1.92. The van der Waals surface area contributed by atoms with E-state index in [1.54, 1.807) is 12.3 Å². The summed E-state index contributed by atoms with van der Waals surface area (Å²) in [6, 6.07) is 9.59. The number of hydrogen-bond acceptors (Lipinski definition) is 3. The first-order chi connectivity index (χ1) is 9.50. The van der Waals surface area contributed by atoms with Gasteiger partial charge in [-0.25, -0.2) is 4.98 Å². The molecule has 0 aliphatic rings. The van der Waals surface area contributed by atoms with Gasteiger partial charge in [-0.3, -0.25) is 0 Å². The second-order valence-corrected chi connectivity index (χ2v) is 5.56. The lowest BCUT2D eigenvalue weighted by atomic mass is 10.1. The zero-order chi connectivity index (χ0) is 14.7. The molecule has 0 bridgehead atoms. The second kappa shape index (κ2) is 6.33. The van der Waals surface area contributed by atoms with E-state index in [4.69, 9.17) is 23.2 Å². The molecular formula is C15H17Cl2N3. The van der Waals surface area contributed by atoms with Crippen molar-refractivity contribution in [3.8, 4) is 0 Å². The zero-order valence-electron chi connectivity index (χ0n) is 11.7. The molecule has 0 aliphatic heterocycles. The fourth-order valence-electron chi connectivity index (χ4n) is 2.03. The van der Waals surface area contributed by atoms with Crippen LogP contribution in [0.15, 0.2) is 36.5 Å². The highest BCUT2D eigenvalue weighted by molar-refractivity contribution is 6.42. The van der Waals surface area contributed by atoms with Crippen molar-refractivity contribution in [2.24, 2.45) is 0 Å². The van der Waals surface area contributed by atoms with Gasteiger partial charge in [0.2, 0.25) is 0 Å². The lowest BCUT2D eigenvalue weighted by molar-refractivity contribution is 0.880. The Kier molecular flexibility index (Phi) is 4.73. The number of nitrogens with zero attached hydrogens (tertiary/aromatic N) is 2. The number of hydrogen-bond donors (Lipinski definition) is 1. The number of aromatic nitrogens is 1. The van der Waals surface area contributed by atoms with Crippen molar-refractivity contribution in [3.63, 3.8) is 0 Å². The molecular weight excluding hydrogens is 293 g/mol. The maximum atomic E-state index is 6.26. The van der Waals surface area contributed by atoms with Gasteiger partial charge in [0.05, 0.1) is 21.8 Å². The van der Waals surface area contributed by atoms with Crippen LogP contribution >= 0.6 is 23.2 Å². The molecule has 0 saturated carbocycles. The minimum Gasteiger partial charge on any atom is -0.375 e. The van der Waals surface area contributed by atoms with Crippen molar-refractivity contribution >= 4 is 34.7 Å². The van der Waals surface area contributed by atoms with E-state index in [1.807, 2.05) is 50.2 Å². The standard InChI is InChI=1S/C15H17Cl2N3/c1-10(11-6-4-7-12(16)14(11)17)19-13-8-5-9-18-15(13)20(2)3/h4-10,19H,1-3H3. The van der Waals surface area contributed by atoms with Crippen LogP contribution in [0.3, 0.4) is 0 Å². The average molecular weight is 310 g/mol. The van der Waals surface area contributed by atoms with Gasteiger partial charge >= 0.3 is 0 Å². The Morgan fingerprint density at radius 3 is 2.60 bits per heavy atom. The first-order valence-electron chi connectivity index (χ1n) is 6.33. The molecule has 0 aliphatic carbocycles. The summed E-state index contributed by atoms with van der Waals surface area (Å²) in [4.78, 5) is 6.34. The van der Waals surface area contributed by atoms with Crippen molar-refractivity contribution < 1.29 is 0 Å². The fourth-order valence-corrected chi connectivity index (χ4v) is 2.50. The smallest absolute Gasteiger partial charge is 0.151 e. The summed E-state index contributed by atoms with van der Waals surface area (Å²) < 4.78 is 0. The van der Waals surface area contributed by atoms with Gasteiger partial charge in [0.15, 0.2) is 5.82 Å². The molecule has 1 atom stereocenters. The molecule has 0 amide bonds. The van der Waals surface area contributed by atoms with Gasteiger partial charge in [-0.1, -0.05) is 35.3 Å². The van der Waals surface area contributed by atoms with Gasteiger partial charge in [-0.15, -0.1) is 0 Å². The molecule has 2 rings (SSSR count). The van der Waals surface area contributed by atoms with Crippen LogP contribution in [0, 0.1) is 0 Å².